The van der Waals surface area contributed by atoms with Crippen molar-refractivity contribution in [3.63, 3.8) is 0 Å². The fourth-order valence-corrected chi connectivity index (χ4v) is 4.11. The van der Waals surface area contributed by atoms with Gasteiger partial charge < -0.3 is 30.2 Å². The number of ether oxygens (including phenoxy) is 1. The molecule has 0 bridgehead atoms. The van der Waals surface area contributed by atoms with Crippen LogP contribution in [0.15, 0.2) is 61.2 Å². The van der Waals surface area contributed by atoms with Crippen LogP contribution in [0.5, 0.6) is 5.75 Å². The summed E-state index contributed by atoms with van der Waals surface area (Å²) in [6.07, 6.45) is 3.36. The van der Waals surface area contributed by atoms with Gasteiger partial charge in [-0.2, -0.15) is 0 Å². The maximum Gasteiger partial charge on any atom is 0.283 e. The summed E-state index contributed by atoms with van der Waals surface area (Å²) in [4.78, 5) is 28.4. The number of amides is 1. The van der Waals surface area contributed by atoms with Crippen molar-refractivity contribution in [2.24, 2.45) is 0 Å². The van der Waals surface area contributed by atoms with Crippen molar-refractivity contribution in [3.05, 3.63) is 66.2 Å². The number of aromatic amines is 1. The second-order valence-corrected chi connectivity index (χ2v) is 9.32. The Labute approximate surface area is 225 Å². The van der Waals surface area contributed by atoms with E-state index in [0.717, 1.165) is 23.0 Å². The maximum absolute atomic E-state index is 13.6. The van der Waals surface area contributed by atoms with Gasteiger partial charge >= 0.3 is 0 Å². The van der Waals surface area contributed by atoms with Crippen LogP contribution in [-0.4, -0.2) is 67.1 Å². The van der Waals surface area contributed by atoms with Crippen LogP contribution in [0.3, 0.4) is 0 Å². The Bertz CT molecular complexity index is 1490. The van der Waals surface area contributed by atoms with E-state index in [1.54, 1.807) is 12.1 Å². The van der Waals surface area contributed by atoms with Gasteiger partial charge in [0.05, 0.1) is 41.1 Å². The van der Waals surface area contributed by atoms with Gasteiger partial charge in [0.15, 0.2) is 5.83 Å². The number of hydrogen-bond acceptors (Lipinski definition) is 7. The van der Waals surface area contributed by atoms with Crippen LogP contribution >= 0.6 is 11.6 Å². The molecule has 2 aromatic heterocycles. The molecular formula is C27H29ClFN7O2. The van der Waals surface area contributed by atoms with Crippen molar-refractivity contribution >= 4 is 51.4 Å². The normalized spacial score (nSPS) is 11.0. The first-order valence-electron chi connectivity index (χ1n) is 11.8. The minimum Gasteiger partial charge on any atom is -0.494 e. The molecule has 9 nitrogen and oxygen atoms in total. The van der Waals surface area contributed by atoms with Crippen molar-refractivity contribution in [1.82, 2.24) is 19.9 Å². The van der Waals surface area contributed by atoms with Crippen LogP contribution in [0.2, 0.25) is 5.02 Å². The predicted molar refractivity (Wildman–Crippen MR) is 151 cm³/mol. The highest BCUT2D eigenvalue weighted by molar-refractivity contribution is 6.33. The topological polar surface area (TPSA) is 98.4 Å². The second kappa shape index (κ2) is 11.5. The first kappa shape index (κ1) is 26.9. The molecule has 198 valence electrons. The Kier molecular flexibility index (Phi) is 8.13. The zero-order valence-corrected chi connectivity index (χ0v) is 22.4. The van der Waals surface area contributed by atoms with E-state index in [-0.39, 0.29) is 5.95 Å². The molecule has 1 amide bonds. The van der Waals surface area contributed by atoms with Gasteiger partial charge in [-0.15, -0.1) is 0 Å². The molecular weight excluding hydrogens is 509 g/mol. The summed E-state index contributed by atoms with van der Waals surface area (Å²) in [6, 6.07) is 11.2. The molecule has 0 saturated heterocycles. The first-order chi connectivity index (χ1) is 18.2. The quantitative estimate of drug-likeness (QED) is 0.231. The van der Waals surface area contributed by atoms with Crippen LogP contribution in [-0.2, 0) is 4.79 Å². The SMILES string of the molecule is C=C(F)C(=O)Nc1cc(Nc2ncc(Cl)c(-c3c[nH]c4ccccc34)n2)c(OC)cc1N(C)CCN(C)C. The van der Waals surface area contributed by atoms with Crippen LogP contribution in [0, 0.1) is 0 Å². The molecule has 2 heterocycles. The minimum absolute atomic E-state index is 0.258. The molecule has 4 rings (SSSR count). The Balaban J connectivity index is 1.73. The molecule has 38 heavy (non-hydrogen) atoms. The van der Waals surface area contributed by atoms with Crippen LogP contribution < -0.4 is 20.3 Å². The average Bonchev–Trinajstić information content (AvgIpc) is 3.32. The van der Waals surface area contributed by atoms with E-state index in [2.05, 4.69) is 32.2 Å². The largest absolute Gasteiger partial charge is 0.494 e. The Morgan fingerprint density at radius 2 is 1.95 bits per heavy atom. The van der Waals surface area contributed by atoms with E-state index < -0.39 is 11.7 Å². The Morgan fingerprint density at radius 3 is 2.66 bits per heavy atom. The number of aromatic nitrogens is 3. The molecule has 0 atom stereocenters. The Hall–Kier alpha value is -4.15. The fraction of sp³-hybridized carbons (Fsp3) is 0.222. The molecule has 11 heteroatoms. The predicted octanol–water partition coefficient (Wildman–Crippen LogP) is 5.45. The summed E-state index contributed by atoms with van der Waals surface area (Å²) in [6.45, 7) is 4.51. The van der Waals surface area contributed by atoms with Gasteiger partial charge in [0.2, 0.25) is 5.95 Å². The van der Waals surface area contributed by atoms with Gasteiger partial charge in [-0.25, -0.2) is 14.4 Å². The number of hydrogen-bond donors (Lipinski definition) is 3. The number of methoxy groups -OCH3 is 1. The number of carbonyl (C=O) groups is 1. The number of benzene rings is 2. The van der Waals surface area contributed by atoms with Gasteiger partial charge in [0, 0.05) is 48.9 Å². The van der Waals surface area contributed by atoms with E-state index >= 15 is 0 Å². The van der Waals surface area contributed by atoms with E-state index in [0.29, 0.717) is 40.1 Å². The first-order valence-corrected chi connectivity index (χ1v) is 12.2. The number of nitrogens with zero attached hydrogens (tertiary/aromatic N) is 4. The highest BCUT2D eigenvalue weighted by atomic mass is 35.5. The van der Waals surface area contributed by atoms with Gasteiger partial charge in [-0.3, -0.25) is 4.79 Å². The zero-order chi connectivity index (χ0) is 27.4. The third kappa shape index (κ3) is 5.87. The summed E-state index contributed by atoms with van der Waals surface area (Å²) >= 11 is 6.48. The molecule has 0 aliphatic rings. The zero-order valence-electron chi connectivity index (χ0n) is 21.6. The van der Waals surface area contributed by atoms with Crippen molar-refractivity contribution in [3.8, 4) is 17.0 Å². The van der Waals surface area contributed by atoms with Gasteiger partial charge in [-0.05, 0) is 26.2 Å². The molecule has 0 aliphatic carbocycles. The smallest absolute Gasteiger partial charge is 0.283 e. The highest BCUT2D eigenvalue weighted by Crippen LogP contribution is 2.39. The molecule has 0 saturated carbocycles. The summed E-state index contributed by atoms with van der Waals surface area (Å²) < 4.78 is 19.2. The molecule has 3 N–H and O–H groups in total. The number of para-hydroxylation sites is 1. The van der Waals surface area contributed by atoms with Crippen LogP contribution in [0.1, 0.15) is 0 Å². The average molecular weight is 538 g/mol. The van der Waals surface area contributed by atoms with Crippen molar-refractivity contribution in [1.29, 1.82) is 0 Å². The number of nitrogens with one attached hydrogen (secondary N) is 3. The third-order valence-electron chi connectivity index (χ3n) is 5.94. The number of halogens is 2. The molecule has 0 radical (unpaired) electrons. The molecule has 0 spiro atoms. The van der Waals surface area contributed by atoms with Crippen molar-refractivity contribution in [2.45, 2.75) is 0 Å². The van der Waals surface area contributed by atoms with Crippen molar-refractivity contribution in [2.75, 3.05) is 56.9 Å². The second-order valence-electron chi connectivity index (χ2n) is 8.92. The lowest BCUT2D eigenvalue weighted by atomic mass is 10.1. The van der Waals surface area contributed by atoms with E-state index in [1.807, 2.05) is 61.4 Å². The molecule has 0 fully saturated rings. The third-order valence-corrected chi connectivity index (χ3v) is 6.22. The van der Waals surface area contributed by atoms with Gasteiger partial charge in [0.1, 0.15) is 5.75 Å². The lowest BCUT2D eigenvalue weighted by molar-refractivity contribution is -0.114. The molecule has 4 aromatic rings. The van der Waals surface area contributed by atoms with Crippen LogP contribution in [0.4, 0.5) is 27.4 Å². The molecule has 0 aliphatic heterocycles. The van der Waals surface area contributed by atoms with Crippen molar-refractivity contribution < 1.29 is 13.9 Å². The molecule has 0 unspecified atom stereocenters. The standard InChI is InChI=1S/C27H29ClFN7O2/c1-16(29)26(37)32-21-12-22(24(38-5)13-23(21)36(4)11-10-35(2)3)33-27-31-15-19(28)25(34-27)18-14-30-20-9-7-6-8-17(18)20/h6-9,12-15,30H,1,10-11H2,2-5H3,(H,32,37)(H,31,33,34). The van der Waals surface area contributed by atoms with E-state index in [9.17, 15) is 9.18 Å². The number of rotatable bonds is 10. The Morgan fingerprint density at radius 1 is 1.18 bits per heavy atom. The summed E-state index contributed by atoms with van der Waals surface area (Å²) in [5.74, 6) is -1.30. The highest BCUT2D eigenvalue weighted by Gasteiger charge is 2.19. The number of fused-ring (bicyclic) bond motifs is 1. The monoisotopic (exact) mass is 537 g/mol. The summed E-state index contributed by atoms with van der Waals surface area (Å²) in [7, 11) is 7.34. The van der Waals surface area contributed by atoms with Gasteiger partial charge in [-0.1, -0.05) is 36.4 Å². The lowest BCUT2D eigenvalue weighted by Crippen LogP contribution is -2.29. The number of likely N-dealkylation sites (N-methyl/N-ethyl adjacent to an activating group) is 2. The van der Waals surface area contributed by atoms with Crippen LogP contribution in [0.25, 0.3) is 22.2 Å². The minimum atomic E-state index is -1.10. The lowest BCUT2D eigenvalue weighted by Gasteiger charge is -2.26. The summed E-state index contributed by atoms with van der Waals surface area (Å²) in [5, 5.41) is 7.10. The van der Waals surface area contributed by atoms with E-state index in [4.69, 9.17) is 16.3 Å². The van der Waals surface area contributed by atoms with Gasteiger partial charge in [0.25, 0.3) is 5.91 Å². The number of carbonyl (C=O) groups excluding carboxylic acids is 1. The molecule has 2 aromatic carbocycles. The maximum atomic E-state index is 13.6. The fourth-order valence-electron chi connectivity index (χ4n) is 3.92. The summed E-state index contributed by atoms with van der Waals surface area (Å²) in [5.41, 5.74) is 3.80. The number of H-pyrrole nitrogens is 1. The number of anilines is 4. The van der Waals surface area contributed by atoms with E-state index in [1.165, 1.54) is 13.3 Å².